The number of likely N-dealkylation sites (tertiary alicyclic amines) is 1. The molecule has 1 saturated heterocycles. The highest BCUT2D eigenvalue weighted by Gasteiger charge is 2.36. The van der Waals surface area contributed by atoms with E-state index in [9.17, 15) is 18.0 Å². The van der Waals surface area contributed by atoms with Gasteiger partial charge in [-0.1, -0.05) is 13.8 Å². The third-order valence-corrected chi connectivity index (χ3v) is 3.44. The van der Waals surface area contributed by atoms with Crippen LogP contribution < -0.4 is 0 Å². The van der Waals surface area contributed by atoms with Crippen molar-refractivity contribution >= 4 is 6.29 Å². The number of carbonyl (C=O) groups is 1. The highest BCUT2D eigenvalue weighted by molar-refractivity contribution is 5.58. The lowest BCUT2D eigenvalue weighted by Crippen LogP contribution is -2.45. The Labute approximate surface area is 93.8 Å². The van der Waals surface area contributed by atoms with Gasteiger partial charge in [-0.15, -0.1) is 0 Å². The molecule has 0 aromatic carbocycles. The third-order valence-electron chi connectivity index (χ3n) is 3.44. The molecule has 0 amide bonds. The second-order valence-corrected chi connectivity index (χ2v) is 4.96. The maximum atomic E-state index is 13.0. The number of carbonyl (C=O) groups excluding carboxylic acids is 1. The van der Waals surface area contributed by atoms with Crippen molar-refractivity contribution in [1.82, 2.24) is 4.90 Å². The fourth-order valence-corrected chi connectivity index (χ4v) is 2.15. The lowest BCUT2D eigenvalue weighted by molar-refractivity contribution is -0.119. The number of hydrogen-bond acceptors (Lipinski definition) is 2. The Morgan fingerprint density at radius 1 is 1.25 bits per heavy atom. The normalized spacial score (nSPS) is 22.4. The maximum Gasteiger partial charge on any atom is 0.282 e. The smallest absolute Gasteiger partial charge is 0.282 e. The molecule has 0 aromatic rings. The van der Waals surface area contributed by atoms with Crippen LogP contribution in [0.5, 0.6) is 0 Å². The number of hydrogen-bond donors (Lipinski definition) is 0. The zero-order valence-electron chi connectivity index (χ0n) is 9.63. The molecule has 1 aliphatic rings. The van der Waals surface area contributed by atoms with Crippen LogP contribution in [0.15, 0.2) is 0 Å². The fourth-order valence-electron chi connectivity index (χ4n) is 2.15. The molecule has 0 radical (unpaired) electrons. The molecule has 0 saturated carbocycles. The van der Waals surface area contributed by atoms with E-state index in [-0.39, 0.29) is 5.92 Å². The summed E-state index contributed by atoms with van der Waals surface area (Å²) in [4.78, 5) is 12.0. The summed E-state index contributed by atoms with van der Waals surface area (Å²) in [5.74, 6) is 0.158. The molecular formula is C11H18F3NO. The standard InChI is InChI=1S/C11H18F3NO/c1-11(2,7-16)8-3-5-15(6-4-8)10(14)9(12)13/h7-10H,3-6H2,1-2H3. The van der Waals surface area contributed by atoms with Crippen LogP contribution in [0.1, 0.15) is 26.7 Å². The SMILES string of the molecule is CC(C)(C=O)C1CCN(C(F)C(F)F)CC1. The van der Waals surface area contributed by atoms with Crippen molar-refractivity contribution in [2.45, 2.75) is 39.4 Å². The molecule has 1 atom stereocenters. The minimum absolute atomic E-state index is 0.158. The fraction of sp³-hybridized carbons (Fsp3) is 0.909. The van der Waals surface area contributed by atoms with E-state index in [1.54, 1.807) is 0 Å². The van der Waals surface area contributed by atoms with Gasteiger partial charge in [0.2, 0.25) is 6.30 Å². The second kappa shape index (κ2) is 5.17. The first-order valence-corrected chi connectivity index (χ1v) is 5.51. The van der Waals surface area contributed by atoms with Crippen molar-refractivity contribution in [2.24, 2.45) is 11.3 Å². The molecule has 94 valence electrons. The number of halogens is 3. The summed E-state index contributed by atoms with van der Waals surface area (Å²) < 4.78 is 37.3. The van der Waals surface area contributed by atoms with Crippen LogP contribution in [-0.2, 0) is 4.79 Å². The van der Waals surface area contributed by atoms with E-state index in [0.717, 1.165) is 11.2 Å². The lowest BCUT2D eigenvalue weighted by atomic mass is 9.75. The molecule has 1 unspecified atom stereocenters. The van der Waals surface area contributed by atoms with E-state index < -0.39 is 18.1 Å². The number of alkyl halides is 3. The molecular weight excluding hydrogens is 219 g/mol. The molecule has 16 heavy (non-hydrogen) atoms. The average Bonchev–Trinajstić information content (AvgIpc) is 2.28. The van der Waals surface area contributed by atoms with E-state index in [2.05, 4.69) is 0 Å². The van der Waals surface area contributed by atoms with Crippen molar-refractivity contribution in [1.29, 1.82) is 0 Å². The minimum Gasteiger partial charge on any atom is -0.303 e. The van der Waals surface area contributed by atoms with Gasteiger partial charge in [0.1, 0.15) is 6.29 Å². The van der Waals surface area contributed by atoms with Gasteiger partial charge in [0, 0.05) is 18.5 Å². The van der Waals surface area contributed by atoms with Gasteiger partial charge in [0.25, 0.3) is 6.43 Å². The molecule has 1 heterocycles. The summed E-state index contributed by atoms with van der Waals surface area (Å²) in [5.41, 5.74) is -0.442. The van der Waals surface area contributed by atoms with Crippen LogP contribution in [0.25, 0.3) is 0 Å². The van der Waals surface area contributed by atoms with Gasteiger partial charge < -0.3 is 4.79 Å². The number of rotatable bonds is 4. The van der Waals surface area contributed by atoms with Crippen LogP contribution in [0, 0.1) is 11.3 Å². The Bertz CT molecular complexity index is 237. The van der Waals surface area contributed by atoms with Crippen molar-refractivity contribution < 1.29 is 18.0 Å². The molecule has 0 N–H and O–H groups in total. The van der Waals surface area contributed by atoms with Gasteiger partial charge in [-0.05, 0) is 18.8 Å². The minimum atomic E-state index is -2.95. The Hall–Kier alpha value is -0.580. The van der Waals surface area contributed by atoms with E-state index in [0.29, 0.717) is 25.9 Å². The Kier molecular flexibility index (Phi) is 4.35. The van der Waals surface area contributed by atoms with Crippen molar-refractivity contribution in [2.75, 3.05) is 13.1 Å². The van der Waals surface area contributed by atoms with Crippen molar-refractivity contribution in [3.05, 3.63) is 0 Å². The first-order valence-electron chi connectivity index (χ1n) is 5.51. The van der Waals surface area contributed by atoms with Crippen molar-refractivity contribution in [3.8, 4) is 0 Å². The average molecular weight is 237 g/mol. The topological polar surface area (TPSA) is 20.3 Å². The Balaban J connectivity index is 2.48. The highest BCUT2D eigenvalue weighted by Crippen LogP contribution is 2.34. The van der Waals surface area contributed by atoms with Gasteiger partial charge in [0.15, 0.2) is 0 Å². The summed E-state index contributed by atoms with van der Waals surface area (Å²) in [7, 11) is 0. The number of aldehydes is 1. The molecule has 1 fully saturated rings. The quantitative estimate of drug-likeness (QED) is 0.553. The maximum absolute atomic E-state index is 13.0. The van der Waals surface area contributed by atoms with Crippen LogP contribution >= 0.6 is 0 Å². The third kappa shape index (κ3) is 2.97. The van der Waals surface area contributed by atoms with E-state index >= 15 is 0 Å². The zero-order chi connectivity index (χ0) is 12.3. The first kappa shape index (κ1) is 13.5. The first-order chi connectivity index (χ1) is 7.38. The molecule has 2 nitrogen and oxygen atoms in total. The summed E-state index contributed by atoms with van der Waals surface area (Å²) in [6, 6.07) is 0. The summed E-state index contributed by atoms with van der Waals surface area (Å²) in [6.45, 7) is 4.27. The van der Waals surface area contributed by atoms with Crippen LogP contribution in [0.3, 0.4) is 0 Å². The number of nitrogens with zero attached hydrogens (tertiary/aromatic N) is 1. The zero-order valence-corrected chi connectivity index (χ0v) is 9.63. The number of piperidine rings is 1. The van der Waals surface area contributed by atoms with E-state index in [4.69, 9.17) is 0 Å². The molecule has 0 bridgehead atoms. The molecule has 1 rings (SSSR count). The molecule has 5 heteroatoms. The highest BCUT2D eigenvalue weighted by atomic mass is 19.3. The molecule has 0 aromatic heterocycles. The Morgan fingerprint density at radius 2 is 1.75 bits per heavy atom. The predicted molar refractivity (Wildman–Crippen MR) is 55.0 cm³/mol. The second-order valence-electron chi connectivity index (χ2n) is 4.96. The Morgan fingerprint density at radius 3 is 2.12 bits per heavy atom. The van der Waals surface area contributed by atoms with Crippen LogP contribution in [-0.4, -0.2) is 37.0 Å². The van der Waals surface area contributed by atoms with Gasteiger partial charge >= 0.3 is 0 Å². The predicted octanol–water partition coefficient (Wildman–Crippen LogP) is 2.48. The van der Waals surface area contributed by atoms with E-state index in [1.165, 1.54) is 0 Å². The molecule has 0 aliphatic carbocycles. The van der Waals surface area contributed by atoms with Gasteiger partial charge in [-0.2, -0.15) is 0 Å². The van der Waals surface area contributed by atoms with Crippen molar-refractivity contribution in [3.63, 3.8) is 0 Å². The summed E-state index contributed by atoms with van der Waals surface area (Å²) >= 11 is 0. The van der Waals surface area contributed by atoms with Gasteiger partial charge in [-0.25, -0.2) is 13.2 Å². The lowest BCUT2D eigenvalue weighted by Gasteiger charge is -2.38. The largest absolute Gasteiger partial charge is 0.303 e. The molecule has 1 aliphatic heterocycles. The monoisotopic (exact) mass is 237 g/mol. The van der Waals surface area contributed by atoms with Gasteiger partial charge in [-0.3, -0.25) is 4.90 Å². The van der Waals surface area contributed by atoms with Crippen LogP contribution in [0.2, 0.25) is 0 Å². The van der Waals surface area contributed by atoms with E-state index in [1.807, 2.05) is 13.8 Å². The summed E-state index contributed by atoms with van der Waals surface area (Å²) in [6.07, 6.45) is -3.03. The summed E-state index contributed by atoms with van der Waals surface area (Å²) in [5, 5.41) is 0. The van der Waals surface area contributed by atoms with Crippen LogP contribution in [0.4, 0.5) is 13.2 Å². The van der Waals surface area contributed by atoms with Gasteiger partial charge in [0.05, 0.1) is 0 Å². The molecule has 0 spiro atoms.